The molecule has 0 radical (unpaired) electrons. The third kappa shape index (κ3) is 4.56. The molecule has 0 aliphatic heterocycles. The molecule has 1 aliphatic carbocycles. The summed E-state index contributed by atoms with van der Waals surface area (Å²) in [5.74, 6) is 1.43. The average molecular weight is 236 g/mol. The molecular weight excluding hydrogens is 216 g/mol. The van der Waals surface area contributed by atoms with Gasteiger partial charge in [-0.15, -0.1) is 0 Å². The van der Waals surface area contributed by atoms with E-state index in [2.05, 4.69) is 20.6 Å². The molecule has 0 amide bonds. The second-order valence-corrected chi connectivity index (χ2v) is 4.56. The molecular formula is C12H20N4O. The van der Waals surface area contributed by atoms with Gasteiger partial charge in [-0.3, -0.25) is 0 Å². The Kier molecular flexibility index (Phi) is 4.14. The van der Waals surface area contributed by atoms with Crippen LogP contribution in [0.5, 0.6) is 5.88 Å². The summed E-state index contributed by atoms with van der Waals surface area (Å²) in [7, 11) is 0. The van der Waals surface area contributed by atoms with Crippen LogP contribution in [0.1, 0.15) is 26.7 Å². The van der Waals surface area contributed by atoms with Crippen molar-refractivity contribution in [2.24, 2.45) is 0 Å². The monoisotopic (exact) mass is 236 g/mol. The molecule has 0 bridgehead atoms. The van der Waals surface area contributed by atoms with E-state index in [-0.39, 0.29) is 6.10 Å². The number of hydrogen-bond acceptors (Lipinski definition) is 5. The Labute approximate surface area is 102 Å². The standard InChI is InChI=1S/C12H20N4O/c1-9(2)17-12-7-11(15-8-16-12)14-6-5-13-10-3-4-10/h7-10,13H,3-6H2,1-2H3,(H,14,15,16). The number of aromatic nitrogens is 2. The van der Waals surface area contributed by atoms with Crippen LogP contribution in [0.15, 0.2) is 12.4 Å². The van der Waals surface area contributed by atoms with Crippen molar-refractivity contribution in [1.82, 2.24) is 15.3 Å². The highest BCUT2D eigenvalue weighted by Crippen LogP contribution is 2.18. The van der Waals surface area contributed by atoms with Crippen molar-refractivity contribution in [1.29, 1.82) is 0 Å². The van der Waals surface area contributed by atoms with Crippen molar-refractivity contribution in [3.63, 3.8) is 0 Å². The Morgan fingerprint density at radius 1 is 1.35 bits per heavy atom. The van der Waals surface area contributed by atoms with Gasteiger partial charge in [0.25, 0.3) is 0 Å². The summed E-state index contributed by atoms with van der Waals surface area (Å²) >= 11 is 0. The fourth-order valence-electron chi connectivity index (χ4n) is 1.50. The van der Waals surface area contributed by atoms with Crippen LogP contribution in [-0.2, 0) is 0 Å². The van der Waals surface area contributed by atoms with Crippen molar-refractivity contribution in [2.75, 3.05) is 18.4 Å². The van der Waals surface area contributed by atoms with E-state index in [1.807, 2.05) is 19.9 Å². The minimum Gasteiger partial charge on any atom is -0.475 e. The summed E-state index contributed by atoms with van der Waals surface area (Å²) in [6.07, 6.45) is 4.29. The van der Waals surface area contributed by atoms with Gasteiger partial charge in [0.2, 0.25) is 5.88 Å². The zero-order chi connectivity index (χ0) is 12.1. The SMILES string of the molecule is CC(C)Oc1cc(NCCNC2CC2)ncn1. The Morgan fingerprint density at radius 2 is 2.18 bits per heavy atom. The zero-order valence-corrected chi connectivity index (χ0v) is 10.4. The van der Waals surface area contributed by atoms with Crippen molar-refractivity contribution >= 4 is 5.82 Å². The topological polar surface area (TPSA) is 59.1 Å². The maximum absolute atomic E-state index is 5.50. The molecule has 5 nitrogen and oxygen atoms in total. The summed E-state index contributed by atoms with van der Waals surface area (Å²) < 4.78 is 5.50. The Hall–Kier alpha value is -1.36. The summed E-state index contributed by atoms with van der Waals surface area (Å²) in [6.45, 7) is 5.80. The minimum absolute atomic E-state index is 0.134. The Bertz CT molecular complexity index is 352. The van der Waals surface area contributed by atoms with Crippen LogP contribution in [0.25, 0.3) is 0 Å². The third-order valence-corrected chi connectivity index (χ3v) is 2.44. The molecule has 0 aromatic carbocycles. The number of nitrogens with one attached hydrogen (secondary N) is 2. The van der Waals surface area contributed by atoms with Crippen LogP contribution in [0, 0.1) is 0 Å². The van der Waals surface area contributed by atoms with Gasteiger partial charge >= 0.3 is 0 Å². The lowest BCUT2D eigenvalue weighted by Gasteiger charge is -2.10. The molecule has 17 heavy (non-hydrogen) atoms. The molecule has 1 aromatic heterocycles. The van der Waals surface area contributed by atoms with Gasteiger partial charge in [-0.1, -0.05) is 0 Å². The maximum Gasteiger partial charge on any atom is 0.218 e. The maximum atomic E-state index is 5.50. The van der Waals surface area contributed by atoms with E-state index >= 15 is 0 Å². The molecule has 1 heterocycles. The van der Waals surface area contributed by atoms with E-state index in [0.717, 1.165) is 24.9 Å². The lowest BCUT2D eigenvalue weighted by Crippen LogP contribution is -2.24. The predicted octanol–water partition coefficient (Wildman–Crippen LogP) is 1.43. The van der Waals surface area contributed by atoms with Crippen LogP contribution in [0.2, 0.25) is 0 Å². The molecule has 0 saturated heterocycles. The average Bonchev–Trinajstić information content (AvgIpc) is 3.08. The first kappa shape index (κ1) is 12.1. The zero-order valence-electron chi connectivity index (χ0n) is 10.4. The van der Waals surface area contributed by atoms with Gasteiger partial charge in [0, 0.05) is 25.2 Å². The predicted molar refractivity (Wildman–Crippen MR) is 67.3 cm³/mol. The molecule has 0 spiro atoms. The molecule has 2 rings (SSSR count). The van der Waals surface area contributed by atoms with Gasteiger partial charge in [-0.05, 0) is 26.7 Å². The quantitative estimate of drug-likeness (QED) is 0.701. The molecule has 1 fully saturated rings. The molecule has 5 heteroatoms. The largest absolute Gasteiger partial charge is 0.475 e. The second-order valence-electron chi connectivity index (χ2n) is 4.56. The normalized spacial score (nSPS) is 15.0. The minimum atomic E-state index is 0.134. The summed E-state index contributed by atoms with van der Waals surface area (Å²) in [5.41, 5.74) is 0. The highest BCUT2D eigenvalue weighted by molar-refractivity contribution is 5.36. The molecule has 1 aromatic rings. The summed E-state index contributed by atoms with van der Waals surface area (Å²) in [5, 5.41) is 6.68. The van der Waals surface area contributed by atoms with E-state index in [1.165, 1.54) is 19.2 Å². The smallest absolute Gasteiger partial charge is 0.218 e. The Morgan fingerprint density at radius 3 is 2.88 bits per heavy atom. The first-order valence-electron chi connectivity index (χ1n) is 6.20. The van der Waals surface area contributed by atoms with E-state index in [0.29, 0.717) is 5.88 Å². The van der Waals surface area contributed by atoms with Gasteiger partial charge < -0.3 is 15.4 Å². The molecule has 94 valence electrons. The van der Waals surface area contributed by atoms with Gasteiger partial charge in [0.1, 0.15) is 12.1 Å². The van der Waals surface area contributed by atoms with E-state index < -0.39 is 0 Å². The van der Waals surface area contributed by atoms with Crippen molar-refractivity contribution in [3.05, 3.63) is 12.4 Å². The van der Waals surface area contributed by atoms with Crippen molar-refractivity contribution in [2.45, 2.75) is 38.8 Å². The van der Waals surface area contributed by atoms with E-state index in [9.17, 15) is 0 Å². The highest BCUT2D eigenvalue weighted by Gasteiger charge is 2.19. The fourth-order valence-corrected chi connectivity index (χ4v) is 1.50. The van der Waals surface area contributed by atoms with Gasteiger partial charge in [-0.2, -0.15) is 0 Å². The van der Waals surface area contributed by atoms with E-state index in [4.69, 9.17) is 4.74 Å². The van der Waals surface area contributed by atoms with Crippen LogP contribution in [0.4, 0.5) is 5.82 Å². The van der Waals surface area contributed by atoms with Gasteiger partial charge in [0.15, 0.2) is 0 Å². The molecule has 0 unspecified atom stereocenters. The number of nitrogens with zero attached hydrogens (tertiary/aromatic N) is 2. The molecule has 2 N–H and O–H groups in total. The second kappa shape index (κ2) is 5.82. The Balaban J connectivity index is 1.74. The molecule has 0 atom stereocenters. The number of anilines is 1. The summed E-state index contributed by atoms with van der Waals surface area (Å²) in [4.78, 5) is 8.21. The highest BCUT2D eigenvalue weighted by atomic mass is 16.5. The molecule has 1 saturated carbocycles. The van der Waals surface area contributed by atoms with Crippen LogP contribution in [-0.4, -0.2) is 35.2 Å². The lowest BCUT2D eigenvalue weighted by atomic mass is 10.4. The van der Waals surface area contributed by atoms with E-state index in [1.54, 1.807) is 0 Å². The first-order valence-corrected chi connectivity index (χ1v) is 6.20. The summed E-state index contributed by atoms with van der Waals surface area (Å²) in [6, 6.07) is 2.58. The van der Waals surface area contributed by atoms with Gasteiger partial charge in [-0.25, -0.2) is 9.97 Å². The van der Waals surface area contributed by atoms with Crippen molar-refractivity contribution in [3.8, 4) is 5.88 Å². The number of ether oxygens (including phenoxy) is 1. The fraction of sp³-hybridized carbons (Fsp3) is 0.667. The molecule has 1 aliphatic rings. The number of hydrogen-bond donors (Lipinski definition) is 2. The van der Waals surface area contributed by atoms with Crippen LogP contribution >= 0.6 is 0 Å². The first-order chi connectivity index (χ1) is 8.24. The van der Waals surface area contributed by atoms with Crippen LogP contribution < -0.4 is 15.4 Å². The van der Waals surface area contributed by atoms with Gasteiger partial charge in [0.05, 0.1) is 6.10 Å². The number of rotatable bonds is 7. The third-order valence-electron chi connectivity index (χ3n) is 2.44. The van der Waals surface area contributed by atoms with Crippen molar-refractivity contribution < 1.29 is 4.74 Å². The van der Waals surface area contributed by atoms with Crippen LogP contribution in [0.3, 0.4) is 0 Å². The lowest BCUT2D eigenvalue weighted by molar-refractivity contribution is 0.232.